The third-order valence-corrected chi connectivity index (χ3v) is 4.21. The molecule has 0 unspecified atom stereocenters. The standard InChI is InChI=1S/C14H20BrNO2/c15-13-9-11(10-18)5-6-14(13)16(7-2-8-17)12-3-1-4-12/h5-6,9,12,17-18H,1-4,7-8,10H2. The maximum Gasteiger partial charge on any atom is 0.0682 e. The Balaban J connectivity index is 2.18. The Morgan fingerprint density at radius 3 is 2.56 bits per heavy atom. The van der Waals surface area contributed by atoms with Gasteiger partial charge in [0.2, 0.25) is 0 Å². The first-order valence-corrected chi connectivity index (χ1v) is 7.32. The summed E-state index contributed by atoms with van der Waals surface area (Å²) in [6.45, 7) is 1.19. The number of aliphatic hydroxyl groups excluding tert-OH is 2. The summed E-state index contributed by atoms with van der Waals surface area (Å²) < 4.78 is 1.03. The highest BCUT2D eigenvalue weighted by atomic mass is 79.9. The lowest BCUT2D eigenvalue weighted by Crippen LogP contribution is -2.41. The van der Waals surface area contributed by atoms with Gasteiger partial charge >= 0.3 is 0 Å². The van der Waals surface area contributed by atoms with Crippen LogP contribution in [0.1, 0.15) is 31.2 Å². The Kier molecular flexibility index (Phi) is 5.03. The first-order valence-electron chi connectivity index (χ1n) is 6.53. The van der Waals surface area contributed by atoms with E-state index in [-0.39, 0.29) is 13.2 Å². The lowest BCUT2D eigenvalue weighted by molar-refractivity contribution is 0.281. The molecule has 0 amide bonds. The average molecular weight is 314 g/mol. The smallest absolute Gasteiger partial charge is 0.0682 e. The molecule has 18 heavy (non-hydrogen) atoms. The Morgan fingerprint density at radius 1 is 1.28 bits per heavy atom. The van der Waals surface area contributed by atoms with Gasteiger partial charge in [0, 0.05) is 23.7 Å². The van der Waals surface area contributed by atoms with Gasteiger partial charge in [0.1, 0.15) is 0 Å². The van der Waals surface area contributed by atoms with Crippen LogP contribution in [0.5, 0.6) is 0 Å². The van der Waals surface area contributed by atoms with Crippen LogP contribution in [-0.2, 0) is 6.61 Å². The third kappa shape index (κ3) is 3.05. The van der Waals surface area contributed by atoms with Crippen molar-refractivity contribution < 1.29 is 10.2 Å². The maximum absolute atomic E-state index is 9.13. The second-order valence-electron chi connectivity index (χ2n) is 4.80. The SMILES string of the molecule is OCCCN(c1ccc(CO)cc1Br)C1CCC1. The molecule has 1 aliphatic carbocycles. The minimum atomic E-state index is 0.0684. The molecular formula is C14H20BrNO2. The molecular weight excluding hydrogens is 294 g/mol. The van der Waals surface area contributed by atoms with E-state index in [0.717, 1.165) is 23.0 Å². The zero-order valence-electron chi connectivity index (χ0n) is 10.5. The molecule has 1 aromatic carbocycles. The fraction of sp³-hybridized carbons (Fsp3) is 0.571. The first kappa shape index (κ1) is 13.8. The molecule has 0 saturated heterocycles. The molecule has 1 saturated carbocycles. The summed E-state index contributed by atoms with van der Waals surface area (Å²) in [4.78, 5) is 2.38. The van der Waals surface area contributed by atoms with Crippen LogP contribution in [0.3, 0.4) is 0 Å². The van der Waals surface area contributed by atoms with E-state index in [2.05, 4.69) is 26.9 Å². The van der Waals surface area contributed by atoms with Crippen LogP contribution < -0.4 is 4.90 Å². The molecule has 0 heterocycles. The van der Waals surface area contributed by atoms with Crippen molar-refractivity contribution in [1.82, 2.24) is 0 Å². The number of aliphatic hydroxyl groups is 2. The average Bonchev–Trinajstić information content (AvgIpc) is 2.32. The van der Waals surface area contributed by atoms with E-state index in [4.69, 9.17) is 10.2 Å². The van der Waals surface area contributed by atoms with Crippen molar-refractivity contribution in [3.05, 3.63) is 28.2 Å². The van der Waals surface area contributed by atoms with Gasteiger partial charge in [-0.25, -0.2) is 0 Å². The zero-order valence-corrected chi connectivity index (χ0v) is 12.1. The van der Waals surface area contributed by atoms with Gasteiger partial charge in [0.25, 0.3) is 0 Å². The highest BCUT2D eigenvalue weighted by Gasteiger charge is 2.25. The highest BCUT2D eigenvalue weighted by molar-refractivity contribution is 9.10. The summed E-state index contributed by atoms with van der Waals surface area (Å²) >= 11 is 3.59. The van der Waals surface area contributed by atoms with Crippen LogP contribution in [0, 0.1) is 0 Å². The molecule has 1 fully saturated rings. The lowest BCUT2D eigenvalue weighted by Gasteiger charge is -2.40. The van der Waals surface area contributed by atoms with E-state index in [1.54, 1.807) is 0 Å². The summed E-state index contributed by atoms with van der Waals surface area (Å²) in [6.07, 6.45) is 4.57. The molecule has 3 nitrogen and oxygen atoms in total. The molecule has 0 radical (unpaired) electrons. The van der Waals surface area contributed by atoms with Crippen molar-refractivity contribution in [3.63, 3.8) is 0 Å². The fourth-order valence-electron chi connectivity index (χ4n) is 2.32. The number of rotatable bonds is 6. The van der Waals surface area contributed by atoms with E-state index in [1.807, 2.05) is 12.1 Å². The quantitative estimate of drug-likeness (QED) is 0.848. The van der Waals surface area contributed by atoms with Crippen molar-refractivity contribution in [2.24, 2.45) is 0 Å². The number of benzene rings is 1. The molecule has 1 aromatic rings. The number of halogens is 1. The largest absolute Gasteiger partial charge is 0.396 e. The normalized spacial score (nSPS) is 15.5. The van der Waals surface area contributed by atoms with E-state index < -0.39 is 0 Å². The molecule has 4 heteroatoms. The second-order valence-corrected chi connectivity index (χ2v) is 5.65. The van der Waals surface area contributed by atoms with E-state index in [9.17, 15) is 0 Å². The van der Waals surface area contributed by atoms with E-state index in [0.29, 0.717) is 6.04 Å². The van der Waals surface area contributed by atoms with Crippen LogP contribution in [-0.4, -0.2) is 29.4 Å². The van der Waals surface area contributed by atoms with E-state index >= 15 is 0 Å². The molecule has 0 atom stereocenters. The minimum absolute atomic E-state index is 0.0684. The van der Waals surface area contributed by atoms with Gasteiger partial charge in [-0.1, -0.05) is 6.07 Å². The van der Waals surface area contributed by atoms with Gasteiger partial charge in [0.15, 0.2) is 0 Å². The molecule has 0 aliphatic heterocycles. The number of nitrogens with zero attached hydrogens (tertiary/aromatic N) is 1. The van der Waals surface area contributed by atoms with Gasteiger partial charge in [0.05, 0.1) is 12.3 Å². The minimum Gasteiger partial charge on any atom is -0.396 e. The van der Waals surface area contributed by atoms with Gasteiger partial charge in [-0.2, -0.15) is 0 Å². The van der Waals surface area contributed by atoms with Crippen molar-refractivity contribution in [2.75, 3.05) is 18.1 Å². The Morgan fingerprint density at radius 2 is 2.06 bits per heavy atom. The highest BCUT2D eigenvalue weighted by Crippen LogP contribution is 2.34. The monoisotopic (exact) mass is 313 g/mol. The summed E-state index contributed by atoms with van der Waals surface area (Å²) in [5, 5.41) is 18.1. The summed E-state index contributed by atoms with van der Waals surface area (Å²) in [6, 6.07) is 6.60. The second kappa shape index (κ2) is 6.55. The summed E-state index contributed by atoms with van der Waals surface area (Å²) in [5.74, 6) is 0. The predicted octanol–water partition coefficient (Wildman–Crippen LogP) is 2.68. The van der Waals surface area contributed by atoms with Gasteiger partial charge in [-0.15, -0.1) is 0 Å². The number of hydrogen-bond acceptors (Lipinski definition) is 3. The van der Waals surface area contributed by atoms with Crippen molar-refractivity contribution in [2.45, 2.75) is 38.3 Å². The molecule has 0 bridgehead atoms. The molecule has 2 N–H and O–H groups in total. The van der Waals surface area contributed by atoms with Crippen LogP contribution in [0.4, 0.5) is 5.69 Å². The molecule has 1 aliphatic rings. The Bertz CT molecular complexity index is 393. The zero-order chi connectivity index (χ0) is 13.0. The Labute approximate surface area is 117 Å². The predicted molar refractivity (Wildman–Crippen MR) is 76.8 cm³/mol. The van der Waals surface area contributed by atoms with Gasteiger partial charge < -0.3 is 15.1 Å². The fourth-order valence-corrected chi connectivity index (χ4v) is 2.97. The van der Waals surface area contributed by atoms with Crippen LogP contribution in [0.2, 0.25) is 0 Å². The summed E-state index contributed by atoms with van der Waals surface area (Å²) in [5.41, 5.74) is 2.09. The molecule has 0 aromatic heterocycles. The van der Waals surface area contributed by atoms with Crippen molar-refractivity contribution in [1.29, 1.82) is 0 Å². The van der Waals surface area contributed by atoms with Crippen molar-refractivity contribution >= 4 is 21.6 Å². The topological polar surface area (TPSA) is 43.7 Å². The van der Waals surface area contributed by atoms with Gasteiger partial charge in [-0.05, 0) is 59.3 Å². The maximum atomic E-state index is 9.13. The molecule has 100 valence electrons. The van der Waals surface area contributed by atoms with E-state index in [1.165, 1.54) is 24.9 Å². The van der Waals surface area contributed by atoms with Crippen LogP contribution >= 0.6 is 15.9 Å². The summed E-state index contributed by atoms with van der Waals surface area (Å²) in [7, 11) is 0. The number of anilines is 1. The van der Waals surface area contributed by atoms with Crippen LogP contribution in [0.25, 0.3) is 0 Å². The third-order valence-electron chi connectivity index (χ3n) is 3.58. The Hall–Kier alpha value is -0.580. The number of hydrogen-bond donors (Lipinski definition) is 2. The van der Waals surface area contributed by atoms with Crippen molar-refractivity contribution in [3.8, 4) is 0 Å². The molecule has 2 rings (SSSR count). The lowest BCUT2D eigenvalue weighted by atomic mass is 9.91. The first-order chi connectivity index (χ1) is 8.76. The van der Waals surface area contributed by atoms with Crippen LogP contribution in [0.15, 0.2) is 22.7 Å². The molecule has 0 spiro atoms. The van der Waals surface area contributed by atoms with Gasteiger partial charge in [-0.3, -0.25) is 0 Å².